The topological polar surface area (TPSA) is 73.6 Å². The predicted molar refractivity (Wildman–Crippen MR) is 72.7 cm³/mol. The zero-order valence-corrected chi connectivity index (χ0v) is 11.8. The highest BCUT2D eigenvalue weighted by molar-refractivity contribution is 5.76. The van der Waals surface area contributed by atoms with Gasteiger partial charge in [0.1, 0.15) is 0 Å². The molecule has 0 radical (unpaired) electrons. The maximum absolute atomic E-state index is 11.9. The van der Waals surface area contributed by atoms with Crippen LogP contribution in [0.25, 0.3) is 0 Å². The van der Waals surface area contributed by atoms with Crippen LogP contribution in [0, 0.1) is 5.92 Å². The summed E-state index contributed by atoms with van der Waals surface area (Å²) in [4.78, 5) is 11.9. The molecule has 1 aliphatic carbocycles. The number of rotatable bonds is 6. The van der Waals surface area contributed by atoms with Crippen molar-refractivity contribution in [3.05, 3.63) is 0 Å². The zero-order chi connectivity index (χ0) is 13.7. The quantitative estimate of drug-likeness (QED) is 0.749. The number of nitrogens with one attached hydrogen (secondary N) is 1. The van der Waals surface area contributed by atoms with Crippen molar-refractivity contribution in [3.8, 4) is 0 Å². The lowest BCUT2D eigenvalue weighted by molar-refractivity contribution is -0.123. The van der Waals surface area contributed by atoms with Crippen LogP contribution >= 0.6 is 0 Å². The molecule has 0 bridgehead atoms. The van der Waals surface area contributed by atoms with Crippen molar-refractivity contribution in [3.63, 3.8) is 0 Å². The predicted octanol–water partition coefficient (Wildman–Crippen LogP) is 0.814. The molecule has 2 fully saturated rings. The van der Waals surface area contributed by atoms with Crippen molar-refractivity contribution in [2.24, 2.45) is 11.7 Å². The third-order valence-electron chi connectivity index (χ3n) is 4.04. The van der Waals surface area contributed by atoms with Gasteiger partial charge in [-0.15, -0.1) is 0 Å². The molecule has 110 valence electrons. The Morgan fingerprint density at radius 1 is 1.47 bits per heavy atom. The molecule has 2 unspecified atom stereocenters. The van der Waals surface area contributed by atoms with E-state index in [9.17, 15) is 4.79 Å². The van der Waals surface area contributed by atoms with Gasteiger partial charge in [0.25, 0.3) is 0 Å². The second-order valence-electron chi connectivity index (χ2n) is 5.85. The van der Waals surface area contributed by atoms with Crippen molar-refractivity contribution in [1.29, 1.82) is 0 Å². The zero-order valence-electron chi connectivity index (χ0n) is 11.8. The van der Waals surface area contributed by atoms with Gasteiger partial charge < -0.3 is 20.5 Å². The number of nitrogens with two attached hydrogens (primary N) is 1. The molecule has 2 aliphatic rings. The summed E-state index contributed by atoms with van der Waals surface area (Å²) in [6.07, 6.45) is 4.99. The first kappa shape index (κ1) is 14.8. The average molecular weight is 270 g/mol. The molecule has 1 saturated carbocycles. The first-order chi connectivity index (χ1) is 9.15. The average Bonchev–Trinajstić information content (AvgIpc) is 2.99. The van der Waals surface area contributed by atoms with Crippen molar-refractivity contribution in [1.82, 2.24) is 5.32 Å². The first-order valence-electron chi connectivity index (χ1n) is 7.39. The Kier molecular flexibility index (Phi) is 5.60. The number of amides is 1. The molecule has 2 rings (SSSR count). The molecule has 0 aromatic carbocycles. The normalized spacial score (nSPS) is 32.4. The fraction of sp³-hybridized carbons (Fsp3) is 0.929. The van der Waals surface area contributed by atoms with Crippen LogP contribution in [0.15, 0.2) is 0 Å². The van der Waals surface area contributed by atoms with Gasteiger partial charge in [-0.1, -0.05) is 6.42 Å². The summed E-state index contributed by atoms with van der Waals surface area (Å²) in [6, 6.07) is 0.249. The van der Waals surface area contributed by atoms with Crippen LogP contribution < -0.4 is 11.1 Å². The highest BCUT2D eigenvalue weighted by Crippen LogP contribution is 2.26. The molecule has 5 nitrogen and oxygen atoms in total. The van der Waals surface area contributed by atoms with Gasteiger partial charge in [-0.25, -0.2) is 0 Å². The Morgan fingerprint density at radius 3 is 2.95 bits per heavy atom. The Morgan fingerprint density at radius 2 is 2.32 bits per heavy atom. The van der Waals surface area contributed by atoms with Gasteiger partial charge in [-0.2, -0.15) is 0 Å². The van der Waals surface area contributed by atoms with E-state index in [1.54, 1.807) is 0 Å². The van der Waals surface area contributed by atoms with Crippen LogP contribution in [-0.2, 0) is 14.3 Å². The number of hydrogen-bond acceptors (Lipinski definition) is 4. The number of hydrogen-bond donors (Lipinski definition) is 2. The van der Waals surface area contributed by atoms with E-state index in [1.165, 1.54) is 0 Å². The summed E-state index contributed by atoms with van der Waals surface area (Å²) in [5.74, 6) is 0.456. The molecule has 5 heteroatoms. The van der Waals surface area contributed by atoms with Gasteiger partial charge in [-0.05, 0) is 32.1 Å². The summed E-state index contributed by atoms with van der Waals surface area (Å²) < 4.78 is 10.9. The highest BCUT2D eigenvalue weighted by Gasteiger charge is 2.26. The minimum absolute atomic E-state index is 0.0470. The van der Waals surface area contributed by atoms with Crippen LogP contribution in [0.1, 0.15) is 39.0 Å². The molecular formula is C14H26N2O3. The van der Waals surface area contributed by atoms with Gasteiger partial charge in [0.15, 0.2) is 0 Å². The van der Waals surface area contributed by atoms with E-state index in [-0.39, 0.29) is 24.1 Å². The molecule has 1 aliphatic heterocycles. The maximum Gasteiger partial charge on any atom is 0.220 e. The molecule has 4 atom stereocenters. The molecule has 1 saturated heterocycles. The number of carbonyl (C=O) groups is 1. The number of carbonyl (C=O) groups excluding carboxylic acids is 1. The summed E-state index contributed by atoms with van der Waals surface area (Å²) in [5, 5.41) is 2.99. The third kappa shape index (κ3) is 4.75. The second kappa shape index (κ2) is 7.22. The second-order valence-corrected chi connectivity index (χ2v) is 5.85. The van der Waals surface area contributed by atoms with Gasteiger partial charge in [-0.3, -0.25) is 4.79 Å². The minimum atomic E-state index is 0.0470. The van der Waals surface area contributed by atoms with E-state index in [2.05, 4.69) is 5.32 Å². The lowest BCUT2D eigenvalue weighted by Gasteiger charge is -2.19. The standard InChI is InChI=1S/C14H26N2O3/c1-10(8-19-12-5-6-18-9-12)16-14(17)7-11-3-2-4-13(11)15/h10-13H,2-9,15H2,1H3,(H,16,17)/t10?,11-,12?,13+/m0/s1. The van der Waals surface area contributed by atoms with Gasteiger partial charge in [0.2, 0.25) is 5.91 Å². The highest BCUT2D eigenvalue weighted by atomic mass is 16.5. The van der Waals surface area contributed by atoms with Crippen LogP contribution in [0.4, 0.5) is 0 Å². The molecule has 1 amide bonds. The lowest BCUT2D eigenvalue weighted by Crippen LogP contribution is -2.39. The van der Waals surface area contributed by atoms with E-state index < -0.39 is 0 Å². The fourth-order valence-corrected chi connectivity index (χ4v) is 2.86. The molecule has 1 heterocycles. The van der Waals surface area contributed by atoms with Crippen LogP contribution in [0.2, 0.25) is 0 Å². The SMILES string of the molecule is CC(COC1CCOC1)NC(=O)C[C@@H]1CCC[C@H]1N. The van der Waals surface area contributed by atoms with Crippen molar-refractivity contribution >= 4 is 5.91 Å². The molecule has 0 aromatic heterocycles. The number of ether oxygens (including phenoxy) is 2. The molecule has 3 N–H and O–H groups in total. The van der Waals surface area contributed by atoms with Gasteiger partial charge in [0, 0.05) is 25.1 Å². The van der Waals surface area contributed by atoms with Gasteiger partial charge >= 0.3 is 0 Å². The van der Waals surface area contributed by atoms with E-state index in [0.29, 0.717) is 25.6 Å². The minimum Gasteiger partial charge on any atom is -0.379 e. The molecule has 0 spiro atoms. The Hall–Kier alpha value is -0.650. The Balaban J connectivity index is 1.60. The smallest absolute Gasteiger partial charge is 0.220 e. The molecular weight excluding hydrogens is 244 g/mol. The Labute approximate surface area is 115 Å². The molecule has 0 aromatic rings. The fourth-order valence-electron chi connectivity index (χ4n) is 2.86. The van der Waals surface area contributed by atoms with Crippen LogP contribution in [0.5, 0.6) is 0 Å². The van der Waals surface area contributed by atoms with Gasteiger partial charge in [0.05, 0.1) is 19.3 Å². The summed E-state index contributed by atoms with van der Waals surface area (Å²) in [6.45, 7) is 3.99. The van der Waals surface area contributed by atoms with E-state index >= 15 is 0 Å². The summed E-state index contributed by atoms with van der Waals surface area (Å²) in [7, 11) is 0. The third-order valence-corrected chi connectivity index (χ3v) is 4.04. The Bertz CT molecular complexity index is 292. The van der Waals surface area contributed by atoms with Crippen LogP contribution in [-0.4, -0.2) is 43.9 Å². The molecule has 19 heavy (non-hydrogen) atoms. The first-order valence-corrected chi connectivity index (χ1v) is 7.39. The van der Waals surface area contributed by atoms with E-state index in [0.717, 1.165) is 32.3 Å². The largest absolute Gasteiger partial charge is 0.379 e. The summed E-state index contributed by atoms with van der Waals surface area (Å²) in [5.41, 5.74) is 5.98. The van der Waals surface area contributed by atoms with E-state index in [4.69, 9.17) is 15.2 Å². The summed E-state index contributed by atoms with van der Waals surface area (Å²) >= 11 is 0. The van der Waals surface area contributed by atoms with Crippen molar-refractivity contribution < 1.29 is 14.3 Å². The monoisotopic (exact) mass is 270 g/mol. The van der Waals surface area contributed by atoms with Crippen LogP contribution in [0.3, 0.4) is 0 Å². The maximum atomic E-state index is 11.9. The van der Waals surface area contributed by atoms with E-state index in [1.807, 2.05) is 6.92 Å². The van der Waals surface area contributed by atoms with Crippen molar-refractivity contribution in [2.45, 2.75) is 57.2 Å². The lowest BCUT2D eigenvalue weighted by atomic mass is 10.00. The van der Waals surface area contributed by atoms with Crippen molar-refractivity contribution in [2.75, 3.05) is 19.8 Å².